The van der Waals surface area contributed by atoms with E-state index < -0.39 is 0 Å². The van der Waals surface area contributed by atoms with E-state index in [1.165, 1.54) is 0 Å². The number of benzene rings is 2. The molecule has 9 nitrogen and oxygen atoms in total. The van der Waals surface area contributed by atoms with E-state index in [9.17, 15) is 4.79 Å². The Hall–Kier alpha value is -4.53. The van der Waals surface area contributed by atoms with Crippen molar-refractivity contribution >= 4 is 17.4 Å². The molecule has 5 aromatic rings. The number of amides is 1. The van der Waals surface area contributed by atoms with Gasteiger partial charge >= 0.3 is 0 Å². The first-order valence-corrected chi connectivity index (χ1v) is 11.4. The maximum Gasteiger partial charge on any atom is 0.226 e. The maximum absolute atomic E-state index is 12.8. The van der Waals surface area contributed by atoms with E-state index >= 15 is 0 Å². The molecule has 0 unspecified atom stereocenters. The van der Waals surface area contributed by atoms with Crippen LogP contribution in [0.4, 0.5) is 5.82 Å². The van der Waals surface area contributed by atoms with Gasteiger partial charge in [-0.3, -0.25) is 4.79 Å². The first-order valence-electron chi connectivity index (χ1n) is 11.4. The van der Waals surface area contributed by atoms with E-state index in [2.05, 4.69) is 20.6 Å². The molecule has 1 atom stereocenters. The molecular formula is C26H23N7O2. The zero-order valence-electron chi connectivity index (χ0n) is 19.3. The first-order chi connectivity index (χ1) is 17.1. The summed E-state index contributed by atoms with van der Waals surface area (Å²) in [5.41, 5.74) is 4.57. The molecule has 6 rings (SSSR count). The molecule has 2 aromatic carbocycles. The predicted molar refractivity (Wildman–Crippen MR) is 130 cm³/mol. The van der Waals surface area contributed by atoms with Crippen LogP contribution in [-0.4, -0.2) is 35.5 Å². The molecule has 0 fully saturated rings. The average Bonchev–Trinajstić information content (AvgIpc) is 3.42. The van der Waals surface area contributed by atoms with Gasteiger partial charge in [0.15, 0.2) is 17.3 Å². The molecule has 1 aliphatic heterocycles. The Morgan fingerprint density at radius 2 is 1.86 bits per heavy atom. The molecule has 1 amide bonds. The molecule has 1 aliphatic rings. The van der Waals surface area contributed by atoms with Crippen LogP contribution in [0.1, 0.15) is 40.5 Å². The maximum atomic E-state index is 12.8. The van der Waals surface area contributed by atoms with Gasteiger partial charge in [0.1, 0.15) is 18.2 Å². The van der Waals surface area contributed by atoms with Crippen molar-refractivity contribution in [1.29, 1.82) is 0 Å². The predicted octanol–water partition coefficient (Wildman–Crippen LogP) is 3.98. The molecule has 3 aromatic heterocycles. The number of ether oxygens (including phenoxy) is 1. The molecule has 0 saturated heterocycles. The highest BCUT2D eigenvalue weighted by Gasteiger charge is 2.33. The Kier molecular flexibility index (Phi) is 5.02. The lowest BCUT2D eigenvalue weighted by Gasteiger charge is -2.24. The minimum Gasteiger partial charge on any atom is -0.489 e. The fourth-order valence-electron chi connectivity index (χ4n) is 4.56. The number of aryl methyl sites for hydroxylation is 2. The highest BCUT2D eigenvalue weighted by Crippen LogP contribution is 2.40. The Morgan fingerprint density at radius 3 is 2.71 bits per heavy atom. The summed E-state index contributed by atoms with van der Waals surface area (Å²) >= 11 is 0. The number of hydrogen-bond acceptors (Lipinski definition) is 6. The van der Waals surface area contributed by atoms with Crippen LogP contribution in [-0.2, 0) is 11.4 Å². The van der Waals surface area contributed by atoms with Crippen LogP contribution in [0.3, 0.4) is 0 Å². The number of fused-ring (bicyclic) bond motifs is 2. The Bertz CT molecular complexity index is 1560. The lowest BCUT2D eigenvalue weighted by molar-refractivity contribution is -0.116. The lowest BCUT2D eigenvalue weighted by atomic mass is 9.86. The number of nitrogens with zero attached hydrogens (tertiary/aromatic N) is 6. The highest BCUT2D eigenvalue weighted by molar-refractivity contribution is 5.95. The molecule has 35 heavy (non-hydrogen) atoms. The molecule has 0 aliphatic carbocycles. The van der Waals surface area contributed by atoms with Crippen LogP contribution in [0.25, 0.3) is 11.5 Å². The van der Waals surface area contributed by atoms with Crippen LogP contribution in [0, 0.1) is 13.8 Å². The monoisotopic (exact) mass is 465 g/mol. The molecule has 0 saturated carbocycles. The summed E-state index contributed by atoms with van der Waals surface area (Å²) in [5.74, 6) is 2.43. The third-order valence-electron chi connectivity index (χ3n) is 6.23. The van der Waals surface area contributed by atoms with Crippen LogP contribution >= 0.6 is 0 Å². The summed E-state index contributed by atoms with van der Waals surface area (Å²) in [4.78, 5) is 12.8. The summed E-state index contributed by atoms with van der Waals surface area (Å²) in [6, 6.07) is 21.6. The summed E-state index contributed by atoms with van der Waals surface area (Å²) in [7, 11) is 0. The Morgan fingerprint density at radius 1 is 1.00 bits per heavy atom. The van der Waals surface area contributed by atoms with Gasteiger partial charge in [-0.25, -0.2) is 0 Å². The number of anilines is 1. The Balaban J connectivity index is 1.36. The van der Waals surface area contributed by atoms with E-state index in [1.807, 2.05) is 80.6 Å². The fraction of sp³-hybridized carbons (Fsp3) is 0.192. The normalized spacial score (nSPS) is 15.1. The van der Waals surface area contributed by atoms with Crippen LogP contribution < -0.4 is 10.1 Å². The van der Waals surface area contributed by atoms with Crippen molar-refractivity contribution < 1.29 is 9.53 Å². The van der Waals surface area contributed by atoms with Crippen molar-refractivity contribution in [3.63, 3.8) is 0 Å². The fourth-order valence-corrected chi connectivity index (χ4v) is 4.56. The average molecular weight is 466 g/mol. The third-order valence-corrected chi connectivity index (χ3v) is 6.23. The number of carbonyl (C=O) groups excluding carboxylic acids is 1. The second kappa shape index (κ2) is 8.35. The molecule has 0 spiro atoms. The molecule has 0 bridgehead atoms. The van der Waals surface area contributed by atoms with Gasteiger partial charge in [-0.2, -0.15) is 14.3 Å². The zero-order valence-corrected chi connectivity index (χ0v) is 19.3. The van der Waals surface area contributed by atoms with Crippen LogP contribution in [0.5, 0.6) is 5.75 Å². The topological polar surface area (TPSA) is 99.2 Å². The number of nitrogens with one attached hydrogen (secondary N) is 1. The largest absolute Gasteiger partial charge is 0.489 e. The van der Waals surface area contributed by atoms with Crippen molar-refractivity contribution in [2.45, 2.75) is 32.8 Å². The number of carbonyl (C=O) groups is 1. The molecule has 1 N–H and O–H groups in total. The number of rotatable bonds is 5. The number of hydrogen-bond donors (Lipinski definition) is 1. The van der Waals surface area contributed by atoms with Gasteiger partial charge in [-0.15, -0.1) is 15.3 Å². The zero-order chi connectivity index (χ0) is 23.9. The van der Waals surface area contributed by atoms with Crippen molar-refractivity contribution in [2.24, 2.45) is 0 Å². The summed E-state index contributed by atoms with van der Waals surface area (Å²) in [6.45, 7) is 4.28. The van der Waals surface area contributed by atoms with E-state index in [0.29, 0.717) is 36.1 Å². The molecular weight excluding hydrogens is 442 g/mol. The summed E-state index contributed by atoms with van der Waals surface area (Å²) < 4.78 is 9.39. The van der Waals surface area contributed by atoms with E-state index in [1.54, 1.807) is 9.20 Å². The van der Waals surface area contributed by atoms with E-state index in [-0.39, 0.29) is 11.8 Å². The van der Waals surface area contributed by atoms with Gasteiger partial charge in [-0.1, -0.05) is 42.5 Å². The standard InChI is InChI=1S/C26H23N7O2/c1-16-25-21(19-9-6-10-20(13-19)35-15-18-7-4-3-5-8-18)14-24(34)27-26(25)33(30-16)23-12-11-22-29-28-17(2)32(22)31-23/h3-13,21H,14-15H2,1-2H3,(H,27,34)/t21-/m0/s1. The van der Waals surface area contributed by atoms with Crippen LogP contribution in [0.15, 0.2) is 66.7 Å². The van der Waals surface area contributed by atoms with Crippen molar-refractivity contribution in [3.8, 4) is 11.6 Å². The minimum atomic E-state index is -0.145. The molecule has 174 valence electrons. The van der Waals surface area contributed by atoms with Gasteiger partial charge in [0, 0.05) is 17.9 Å². The lowest BCUT2D eigenvalue weighted by Crippen LogP contribution is -2.25. The van der Waals surface area contributed by atoms with Gasteiger partial charge in [0.2, 0.25) is 5.91 Å². The SMILES string of the molecule is Cc1nn(-c2ccc3nnc(C)n3n2)c2c1[C@H](c1cccc(OCc3ccccc3)c1)CC(=O)N2. The first kappa shape index (κ1) is 21.0. The molecule has 9 heteroatoms. The second-order valence-electron chi connectivity index (χ2n) is 8.62. The van der Waals surface area contributed by atoms with E-state index in [4.69, 9.17) is 9.84 Å². The third kappa shape index (κ3) is 3.80. The minimum absolute atomic E-state index is 0.0687. The quantitative estimate of drug-likeness (QED) is 0.422. The number of aromatic nitrogens is 6. The van der Waals surface area contributed by atoms with Gasteiger partial charge in [-0.05, 0) is 49.2 Å². The molecule has 0 radical (unpaired) electrons. The summed E-state index contributed by atoms with van der Waals surface area (Å²) in [6.07, 6.45) is 0.332. The van der Waals surface area contributed by atoms with Crippen molar-refractivity contribution in [3.05, 3.63) is 94.9 Å². The van der Waals surface area contributed by atoms with Gasteiger partial charge in [0.25, 0.3) is 0 Å². The van der Waals surface area contributed by atoms with Gasteiger partial charge < -0.3 is 10.1 Å². The van der Waals surface area contributed by atoms with Crippen LogP contribution in [0.2, 0.25) is 0 Å². The highest BCUT2D eigenvalue weighted by atomic mass is 16.5. The van der Waals surface area contributed by atoms with Gasteiger partial charge in [0.05, 0.1) is 5.69 Å². The Labute approximate surface area is 201 Å². The molecule has 4 heterocycles. The van der Waals surface area contributed by atoms with Crippen molar-refractivity contribution in [2.75, 3.05) is 5.32 Å². The van der Waals surface area contributed by atoms with Crippen molar-refractivity contribution in [1.82, 2.24) is 29.6 Å². The smallest absolute Gasteiger partial charge is 0.226 e. The second-order valence-corrected chi connectivity index (χ2v) is 8.62. The van der Waals surface area contributed by atoms with E-state index in [0.717, 1.165) is 28.1 Å². The summed E-state index contributed by atoms with van der Waals surface area (Å²) in [5, 5.41) is 20.6.